The summed E-state index contributed by atoms with van der Waals surface area (Å²) in [6, 6.07) is 6.51. The molecule has 3 rings (SSSR count). The summed E-state index contributed by atoms with van der Waals surface area (Å²) in [5, 5.41) is 6.33. The third-order valence-corrected chi connectivity index (χ3v) is 5.01. The fourth-order valence-corrected chi connectivity index (χ4v) is 3.40. The summed E-state index contributed by atoms with van der Waals surface area (Å²) in [5.74, 6) is 1.30. The molecule has 1 atom stereocenters. The molecule has 0 bridgehead atoms. The van der Waals surface area contributed by atoms with Gasteiger partial charge in [-0.25, -0.2) is 0 Å². The van der Waals surface area contributed by atoms with E-state index in [-0.39, 0.29) is 41.9 Å². The predicted molar refractivity (Wildman–Crippen MR) is 119 cm³/mol. The Labute approximate surface area is 179 Å². The molecule has 1 aromatic rings. The number of hydrogen-bond acceptors (Lipinski definition) is 3. The topological polar surface area (TPSA) is 66.0 Å². The molecular weight excluding hydrogens is 455 g/mol. The van der Waals surface area contributed by atoms with Gasteiger partial charge < -0.3 is 20.3 Å². The molecular formula is C20H31IN4O2. The van der Waals surface area contributed by atoms with Crippen LogP contribution in [0.2, 0.25) is 0 Å². The Morgan fingerprint density at radius 3 is 2.67 bits per heavy atom. The van der Waals surface area contributed by atoms with Crippen molar-refractivity contribution in [2.24, 2.45) is 10.9 Å². The molecule has 1 saturated carbocycles. The lowest BCUT2D eigenvalue weighted by Crippen LogP contribution is -2.49. The Kier molecular flexibility index (Phi) is 8.34. The molecule has 1 saturated heterocycles. The van der Waals surface area contributed by atoms with Crippen LogP contribution >= 0.6 is 24.0 Å². The number of aryl methyl sites for hydroxylation is 2. The van der Waals surface area contributed by atoms with Gasteiger partial charge in [0.25, 0.3) is 0 Å². The summed E-state index contributed by atoms with van der Waals surface area (Å²) in [6.07, 6.45) is 2.13. The van der Waals surface area contributed by atoms with Crippen LogP contribution in [0.1, 0.15) is 35.6 Å². The Morgan fingerprint density at radius 2 is 2.00 bits per heavy atom. The molecule has 1 heterocycles. The number of hydrogen-bond donors (Lipinski definition) is 2. The van der Waals surface area contributed by atoms with Crippen LogP contribution in [0.4, 0.5) is 0 Å². The van der Waals surface area contributed by atoms with Crippen molar-refractivity contribution in [3.8, 4) is 0 Å². The van der Waals surface area contributed by atoms with Crippen molar-refractivity contribution in [1.29, 1.82) is 0 Å². The van der Waals surface area contributed by atoms with E-state index in [2.05, 4.69) is 52.6 Å². The number of aliphatic imine (C=N–C) groups is 1. The van der Waals surface area contributed by atoms with E-state index >= 15 is 0 Å². The number of amides is 1. The zero-order valence-corrected chi connectivity index (χ0v) is 18.8. The van der Waals surface area contributed by atoms with Crippen molar-refractivity contribution < 1.29 is 9.53 Å². The first-order chi connectivity index (χ1) is 12.6. The molecule has 0 spiro atoms. The molecule has 150 valence electrons. The smallest absolute Gasteiger partial charge is 0.223 e. The zero-order valence-electron chi connectivity index (χ0n) is 16.5. The highest BCUT2D eigenvalue weighted by Crippen LogP contribution is 2.28. The van der Waals surface area contributed by atoms with Gasteiger partial charge in [-0.1, -0.05) is 23.8 Å². The second-order valence-electron chi connectivity index (χ2n) is 7.20. The fourth-order valence-electron chi connectivity index (χ4n) is 3.40. The largest absolute Gasteiger partial charge is 0.370 e. The van der Waals surface area contributed by atoms with E-state index < -0.39 is 0 Å². The minimum Gasteiger partial charge on any atom is -0.370 e. The highest BCUT2D eigenvalue weighted by Gasteiger charge is 2.29. The van der Waals surface area contributed by atoms with Gasteiger partial charge in [-0.15, -0.1) is 24.0 Å². The molecule has 0 aromatic heterocycles. The highest BCUT2D eigenvalue weighted by atomic mass is 127. The molecule has 6 nitrogen and oxygen atoms in total. The first-order valence-electron chi connectivity index (χ1n) is 9.50. The number of rotatable bonds is 5. The molecule has 2 fully saturated rings. The van der Waals surface area contributed by atoms with Gasteiger partial charge in [-0.2, -0.15) is 0 Å². The van der Waals surface area contributed by atoms with Gasteiger partial charge in [-0.05, 0) is 37.8 Å². The third kappa shape index (κ3) is 6.07. The quantitative estimate of drug-likeness (QED) is 0.291. The van der Waals surface area contributed by atoms with Gasteiger partial charge in [0, 0.05) is 32.6 Å². The van der Waals surface area contributed by atoms with Crippen LogP contribution in [0.5, 0.6) is 0 Å². The number of carbonyl (C=O) groups is 1. The van der Waals surface area contributed by atoms with E-state index in [0.717, 1.165) is 31.9 Å². The second kappa shape index (κ2) is 10.3. The summed E-state index contributed by atoms with van der Waals surface area (Å²) in [7, 11) is 1.80. The van der Waals surface area contributed by atoms with Crippen molar-refractivity contribution in [2.45, 2.75) is 32.8 Å². The van der Waals surface area contributed by atoms with Crippen LogP contribution in [0.15, 0.2) is 23.2 Å². The molecule has 0 radical (unpaired) electrons. The Morgan fingerprint density at radius 1 is 1.26 bits per heavy atom. The van der Waals surface area contributed by atoms with E-state index in [0.29, 0.717) is 19.7 Å². The van der Waals surface area contributed by atoms with E-state index in [1.54, 1.807) is 7.05 Å². The summed E-state index contributed by atoms with van der Waals surface area (Å²) < 4.78 is 6.02. The molecule has 1 aromatic carbocycles. The van der Waals surface area contributed by atoms with Gasteiger partial charge in [0.15, 0.2) is 5.96 Å². The molecule has 1 aliphatic heterocycles. The van der Waals surface area contributed by atoms with Gasteiger partial charge in [0.2, 0.25) is 5.91 Å². The average molecular weight is 486 g/mol. The number of ether oxygens (including phenoxy) is 1. The van der Waals surface area contributed by atoms with Crippen LogP contribution in [-0.2, 0) is 9.53 Å². The molecule has 27 heavy (non-hydrogen) atoms. The van der Waals surface area contributed by atoms with Crippen LogP contribution in [-0.4, -0.2) is 56.6 Å². The maximum Gasteiger partial charge on any atom is 0.223 e. The van der Waals surface area contributed by atoms with E-state index in [9.17, 15) is 4.79 Å². The van der Waals surface area contributed by atoms with Crippen LogP contribution < -0.4 is 10.6 Å². The number of morpholine rings is 1. The number of halogens is 1. The number of nitrogens with one attached hydrogen (secondary N) is 2. The molecule has 2 N–H and O–H groups in total. The minimum atomic E-state index is 0. The summed E-state index contributed by atoms with van der Waals surface area (Å²) in [5.41, 5.74) is 3.78. The van der Waals surface area contributed by atoms with Gasteiger partial charge in [0.1, 0.15) is 6.10 Å². The highest BCUT2D eigenvalue weighted by molar-refractivity contribution is 14.0. The summed E-state index contributed by atoms with van der Waals surface area (Å²) in [4.78, 5) is 18.3. The van der Waals surface area contributed by atoms with Gasteiger partial charge in [-0.3, -0.25) is 9.79 Å². The number of carbonyl (C=O) groups excluding carboxylic acids is 1. The molecule has 7 heteroatoms. The van der Waals surface area contributed by atoms with Crippen molar-refractivity contribution in [1.82, 2.24) is 15.5 Å². The fraction of sp³-hybridized carbons (Fsp3) is 0.600. The third-order valence-electron chi connectivity index (χ3n) is 5.01. The van der Waals surface area contributed by atoms with Crippen LogP contribution in [0.3, 0.4) is 0 Å². The standard InChI is InChI=1S/C20H30N4O2.HI/c1-14-4-7-17(15(2)12-14)18-13-24(10-11-26-18)20(21-3)23-9-8-22-19(25)16-5-6-16;/h4,7,12,16,18H,5-6,8-11,13H2,1-3H3,(H,21,23)(H,22,25);1H. The first-order valence-corrected chi connectivity index (χ1v) is 9.50. The SMILES string of the molecule is CN=C(NCCNC(=O)C1CC1)N1CCOC(c2ccc(C)cc2C)C1.I. The van der Waals surface area contributed by atoms with Crippen molar-refractivity contribution >= 4 is 35.8 Å². The van der Waals surface area contributed by atoms with E-state index in [1.807, 2.05) is 0 Å². The maximum atomic E-state index is 11.7. The Hall–Kier alpha value is -1.35. The van der Waals surface area contributed by atoms with Crippen LogP contribution in [0.25, 0.3) is 0 Å². The Bertz CT molecular complexity index is 676. The second-order valence-corrected chi connectivity index (χ2v) is 7.20. The van der Waals surface area contributed by atoms with Crippen molar-refractivity contribution in [3.63, 3.8) is 0 Å². The lowest BCUT2D eigenvalue weighted by molar-refractivity contribution is -0.122. The first kappa shape index (κ1) is 21.9. The van der Waals surface area contributed by atoms with Gasteiger partial charge in [0.05, 0.1) is 13.2 Å². The molecule has 1 aliphatic carbocycles. The maximum absolute atomic E-state index is 11.7. The van der Waals surface area contributed by atoms with Crippen LogP contribution in [0, 0.1) is 19.8 Å². The Balaban J connectivity index is 0.00000261. The number of benzene rings is 1. The predicted octanol–water partition coefficient (Wildman–Crippen LogP) is 2.40. The zero-order chi connectivity index (χ0) is 18.5. The van der Waals surface area contributed by atoms with Crippen molar-refractivity contribution in [3.05, 3.63) is 34.9 Å². The average Bonchev–Trinajstić information content (AvgIpc) is 3.47. The van der Waals surface area contributed by atoms with Crippen molar-refractivity contribution in [2.75, 3.05) is 39.8 Å². The minimum absolute atomic E-state index is 0. The summed E-state index contributed by atoms with van der Waals surface area (Å²) >= 11 is 0. The lowest BCUT2D eigenvalue weighted by Gasteiger charge is -2.35. The van der Waals surface area contributed by atoms with E-state index in [4.69, 9.17) is 4.74 Å². The molecule has 1 amide bonds. The number of nitrogens with zero attached hydrogens (tertiary/aromatic N) is 2. The van der Waals surface area contributed by atoms with E-state index in [1.165, 1.54) is 16.7 Å². The number of guanidine groups is 1. The monoisotopic (exact) mass is 486 g/mol. The molecule has 1 unspecified atom stereocenters. The lowest BCUT2D eigenvalue weighted by atomic mass is 10.00. The molecule has 2 aliphatic rings. The normalized spacial score (nSPS) is 20.0. The summed E-state index contributed by atoms with van der Waals surface area (Å²) in [6.45, 7) is 7.82. The van der Waals surface area contributed by atoms with Gasteiger partial charge >= 0.3 is 0 Å².